The zero-order valence-corrected chi connectivity index (χ0v) is 11.9. The molecule has 1 aromatic rings. The molecule has 2 amide bonds. The molecule has 112 valence electrons. The predicted molar refractivity (Wildman–Crippen MR) is 76.2 cm³/mol. The highest BCUT2D eigenvalue weighted by molar-refractivity contribution is 5.94. The normalized spacial score (nSPS) is 19.3. The summed E-state index contributed by atoms with van der Waals surface area (Å²) >= 11 is 0. The van der Waals surface area contributed by atoms with Crippen molar-refractivity contribution < 1.29 is 14.0 Å². The van der Waals surface area contributed by atoms with Crippen LogP contribution in [0.15, 0.2) is 24.3 Å². The van der Waals surface area contributed by atoms with Crippen LogP contribution in [0.25, 0.3) is 0 Å². The Morgan fingerprint density at radius 3 is 2.10 bits per heavy atom. The van der Waals surface area contributed by atoms with E-state index in [-0.39, 0.29) is 23.5 Å². The van der Waals surface area contributed by atoms with Crippen molar-refractivity contribution >= 4 is 11.8 Å². The van der Waals surface area contributed by atoms with Crippen molar-refractivity contribution in [1.82, 2.24) is 9.80 Å². The van der Waals surface area contributed by atoms with Crippen molar-refractivity contribution in [3.8, 4) is 0 Å². The van der Waals surface area contributed by atoms with Crippen LogP contribution in [0.5, 0.6) is 0 Å². The number of likely N-dealkylation sites (tertiary alicyclic amines) is 2. The van der Waals surface area contributed by atoms with Gasteiger partial charge >= 0.3 is 0 Å². The Morgan fingerprint density at radius 1 is 0.952 bits per heavy atom. The zero-order valence-electron chi connectivity index (χ0n) is 11.9. The second-order valence-corrected chi connectivity index (χ2v) is 5.75. The Morgan fingerprint density at radius 2 is 1.57 bits per heavy atom. The average molecular weight is 290 g/mol. The summed E-state index contributed by atoms with van der Waals surface area (Å²) in [5, 5.41) is 0. The van der Waals surface area contributed by atoms with Gasteiger partial charge in [0.1, 0.15) is 5.82 Å². The molecule has 1 aromatic carbocycles. The van der Waals surface area contributed by atoms with Crippen molar-refractivity contribution in [2.24, 2.45) is 5.92 Å². The number of hydrogen-bond donors (Lipinski definition) is 0. The van der Waals surface area contributed by atoms with Gasteiger partial charge in [0.25, 0.3) is 5.91 Å². The zero-order chi connectivity index (χ0) is 14.8. The molecular formula is C16H19FN2O2. The van der Waals surface area contributed by atoms with Crippen LogP contribution in [0.3, 0.4) is 0 Å². The molecule has 2 saturated heterocycles. The van der Waals surface area contributed by atoms with Crippen molar-refractivity contribution in [1.29, 1.82) is 0 Å². The van der Waals surface area contributed by atoms with E-state index in [0.717, 1.165) is 32.4 Å². The molecule has 0 bridgehead atoms. The highest BCUT2D eigenvalue weighted by atomic mass is 19.1. The molecule has 2 aliphatic rings. The first-order chi connectivity index (χ1) is 10.1. The molecule has 0 radical (unpaired) electrons. The monoisotopic (exact) mass is 290 g/mol. The summed E-state index contributed by atoms with van der Waals surface area (Å²) in [4.78, 5) is 28.1. The van der Waals surface area contributed by atoms with E-state index in [1.54, 1.807) is 4.90 Å². The summed E-state index contributed by atoms with van der Waals surface area (Å²) in [6, 6.07) is 5.62. The lowest BCUT2D eigenvalue weighted by molar-refractivity contribution is -0.140. The third-order valence-electron chi connectivity index (χ3n) is 4.39. The molecule has 21 heavy (non-hydrogen) atoms. The van der Waals surface area contributed by atoms with Gasteiger partial charge in [-0.3, -0.25) is 9.59 Å². The number of halogens is 1. The van der Waals surface area contributed by atoms with Crippen molar-refractivity contribution in [2.45, 2.75) is 19.3 Å². The van der Waals surface area contributed by atoms with E-state index in [1.807, 2.05) is 4.90 Å². The largest absolute Gasteiger partial charge is 0.342 e. The minimum Gasteiger partial charge on any atom is -0.342 e. The quantitative estimate of drug-likeness (QED) is 0.835. The number of amides is 2. The SMILES string of the molecule is O=C(c1ccc(F)cc1)N1CCC(C(=O)N2CCC2)CC1. The van der Waals surface area contributed by atoms with Gasteiger partial charge < -0.3 is 9.80 Å². The minimum atomic E-state index is -0.342. The molecule has 4 nitrogen and oxygen atoms in total. The molecular weight excluding hydrogens is 271 g/mol. The first kappa shape index (κ1) is 14.0. The van der Waals surface area contributed by atoms with Crippen LogP contribution >= 0.6 is 0 Å². The Labute approximate surface area is 123 Å². The summed E-state index contributed by atoms with van der Waals surface area (Å²) in [5.74, 6) is -0.118. The highest BCUT2D eigenvalue weighted by Crippen LogP contribution is 2.23. The van der Waals surface area contributed by atoms with E-state index in [0.29, 0.717) is 18.7 Å². The third kappa shape index (κ3) is 2.91. The molecule has 2 aliphatic heterocycles. The number of nitrogens with zero attached hydrogens (tertiary/aromatic N) is 2. The number of rotatable bonds is 2. The van der Waals surface area contributed by atoms with E-state index < -0.39 is 0 Å². The lowest BCUT2D eigenvalue weighted by atomic mass is 9.93. The maximum atomic E-state index is 12.9. The van der Waals surface area contributed by atoms with Crippen molar-refractivity contribution in [2.75, 3.05) is 26.2 Å². The molecule has 0 atom stereocenters. The summed E-state index contributed by atoms with van der Waals surface area (Å²) in [7, 11) is 0. The van der Waals surface area contributed by atoms with Crippen LogP contribution in [-0.4, -0.2) is 47.8 Å². The summed E-state index contributed by atoms with van der Waals surface area (Å²) < 4.78 is 12.9. The molecule has 0 spiro atoms. The number of benzene rings is 1. The van der Waals surface area contributed by atoms with Gasteiger partial charge in [0.15, 0.2) is 0 Å². The van der Waals surface area contributed by atoms with Crippen molar-refractivity contribution in [3.63, 3.8) is 0 Å². The summed E-state index contributed by atoms with van der Waals surface area (Å²) in [6.45, 7) is 2.96. The Kier molecular flexibility index (Phi) is 3.90. The topological polar surface area (TPSA) is 40.6 Å². The fourth-order valence-corrected chi connectivity index (χ4v) is 2.90. The van der Waals surface area contributed by atoms with Crippen molar-refractivity contribution in [3.05, 3.63) is 35.6 Å². The van der Waals surface area contributed by atoms with Gasteiger partial charge in [-0.2, -0.15) is 0 Å². The van der Waals surface area contributed by atoms with Crippen LogP contribution in [0, 0.1) is 11.7 Å². The Hall–Kier alpha value is -1.91. The molecule has 2 fully saturated rings. The molecule has 3 rings (SSSR count). The maximum Gasteiger partial charge on any atom is 0.253 e. The fraction of sp³-hybridized carbons (Fsp3) is 0.500. The molecule has 5 heteroatoms. The van der Waals surface area contributed by atoms with Crippen LogP contribution < -0.4 is 0 Å². The molecule has 0 N–H and O–H groups in total. The minimum absolute atomic E-state index is 0.0579. The number of piperidine rings is 1. The number of carbonyl (C=O) groups is 2. The first-order valence-electron chi connectivity index (χ1n) is 7.49. The average Bonchev–Trinajstić information content (AvgIpc) is 2.46. The lowest BCUT2D eigenvalue weighted by Crippen LogP contribution is -2.48. The standard InChI is InChI=1S/C16H19FN2O2/c17-14-4-2-12(3-5-14)15(20)19-10-6-13(7-11-19)16(21)18-8-1-9-18/h2-5,13H,1,6-11H2. The van der Waals surface area contributed by atoms with Gasteiger partial charge in [-0.1, -0.05) is 0 Å². The van der Waals surface area contributed by atoms with Gasteiger partial charge in [-0.05, 0) is 43.5 Å². The molecule has 0 saturated carbocycles. The van der Waals surface area contributed by atoms with Gasteiger partial charge in [-0.25, -0.2) is 4.39 Å². The van der Waals surface area contributed by atoms with E-state index in [2.05, 4.69) is 0 Å². The smallest absolute Gasteiger partial charge is 0.253 e. The van der Waals surface area contributed by atoms with Gasteiger partial charge in [-0.15, -0.1) is 0 Å². The fourth-order valence-electron chi connectivity index (χ4n) is 2.90. The van der Waals surface area contributed by atoms with E-state index in [9.17, 15) is 14.0 Å². The highest BCUT2D eigenvalue weighted by Gasteiger charge is 2.32. The van der Waals surface area contributed by atoms with Gasteiger partial charge in [0, 0.05) is 37.7 Å². The number of hydrogen-bond acceptors (Lipinski definition) is 2. The first-order valence-corrected chi connectivity index (χ1v) is 7.49. The van der Waals surface area contributed by atoms with Gasteiger partial charge in [0.2, 0.25) is 5.91 Å². The third-order valence-corrected chi connectivity index (χ3v) is 4.39. The van der Waals surface area contributed by atoms with Crippen LogP contribution in [0.4, 0.5) is 4.39 Å². The number of carbonyl (C=O) groups excluding carboxylic acids is 2. The molecule has 0 aliphatic carbocycles. The summed E-state index contributed by atoms with van der Waals surface area (Å²) in [5.41, 5.74) is 0.504. The lowest BCUT2D eigenvalue weighted by Gasteiger charge is -2.37. The predicted octanol–water partition coefficient (Wildman–Crippen LogP) is 1.91. The van der Waals surface area contributed by atoms with Crippen LogP contribution in [0.1, 0.15) is 29.6 Å². The Balaban J connectivity index is 1.56. The van der Waals surface area contributed by atoms with Crippen LogP contribution in [0.2, 0.25) is 0 Å². The van der Waals surface area contributed by atoms with Gasteiger partial charge in [0.05, 0.1) is 0 Å². The maximum absolute atomic E-state index is 12.9. The summed E-state index contributed by atoms with van der Waals surface area (Å²) in [6.07, 6.45) is 2.55. The molecule has 2 heterocycles. The van der Waals surface area contributed by atoms with Crippen LogP contribution in [-0.2, 0) is 4.79 Å². The second-order valence-electron chi connectivity index (χ2n) is 5.75. The molecule has 0 unspecified atom stereocenters. The van der Waals surface area contributed by atoms with E-state index >= 15 is 0 Å². The van der Waals surface area contributed by atoms with E-state index in [1.165, 1.54) is 24.3 Å². The second kappa shape index (κ2) is 5.84. The molecule has 0 aromatic heterocycles. The Bertz CT molecular complexity index is 532. The van der Waals surface area contributed by atoms with E-state index in [4.69, 9.17) is 0 Å².